The molecule has 1 saturated heterocycles. The largest absolute Gasteiger partial charge is 0.445 e. The monoisotopic (exact) mass is 289 g/mol. The summed E-state index contributed by atoms with van der Waals surface area (Å²) in [6, 6.07) is 8.41. The highest BCUT2D eigenvalue weighted by atomic mass is 35.5. The Morgan fingerprint density at radius 1 is 1.40 bits per heavy atom. The topological polar surface area (TPSA) is 73.1 Å². The van der Waals surface area contributed by atoms with Gasteiger partial charge in [-0.15, -0.1) is 0 Å². The van der Waals surface area contributed by atoms with Gasteiger partial charge in [-0.05, 0) is 31.4 Å². The summed E-state index contributed by atoms with van der Waals surface area (Å²) < 4.78 is 1.43. The van der Waals surface area contributed by atoms with E-state index < -0.39 is 6.04 Å². The van der Waals surface area contributed by atoms with Crippen molar-refractivity contribution < 1.29 is 9.37 Å². The summed E-state index contributed by atoms with van der Waals surface area (Å²) in [7, 11) is 0. The Bertz CT molecular complexity index is 649. The van der Waals surface area contributed by atoms with Gasteiger partial charge in [0.25, 0.3) is 0 Å². The lowest BCUT2D eigenvalue weighted by molar-refractivity contribution is -0.333. The number of amidine groups is 1. The van der Waals surface area contributed by atoms with E-state index in [1.165, 1.54) is 4.58 Å². The normalized spacial score (nSPS) is 25.6. The molecule has 20 heavy (non-hydrogen) atoms. The molecule has 1 aromatic rings. The Balaban J connectivity index is 2.09. The van der Waals surface area contributed by atoms with Crippen LogP contribution in [0.2, 0.25) is 5.02 Å². The van der Waals surface area contributed by atoms with Crippen molar-refractivity contribution in [2.75, 3.05) is 0 Å². The van der Waals surface area contributed by atoms with E-state index in [1.807, 2.05) is 0 Å². The smallest absolute Gasteiger partial charge is 0.319 e. The van der Waals surface area contributed by atoms with Crippen molar-refractivity contribution in [2.24, 2.45) is 5.73 Å². The zero-order valence-corrected chi connectivity index (χ0v) is 11.5. The number of fused-ring (bicyclic) bond motifs is 1. The lowest BCUT2D eigenvalue weighted by atomic mass is 9.97. The molecule has 0 spiro atoms. The Morgan fingerprint density at radius 3 is 2.85 bits per heavy atom. The maximum absolute atomic E-state index is 12.6. The molecule has 2 N–H and O–H groups in total. The molecule has 1 aromatic carbocycles. The maximum atomic E-state index is 12.6. The van der Waals surface area contributed by atoms with Gasteiger partial charge in [0, 0.05) is 0 Å². The van der Waals surface area contributed by atoms with Crippen LogP contribution in [0.4, 0.5) is 10.5 Å². The van der Waals surface area contributed by atoms with Gasteiger partial charge < -0.3 is 5.73 Å². The number of halogens is 1. The fourth-order valence-corrected chi connectivity index (χ4v) is 3.15. The number of hydrogen-bond donors (Lipinski definition) is 1. The van der Waals surface area contributed by atoms with Crippen molar-refractivity contribution in [2.45, 2.75) is 31.3 Å². The van der Waals surface area contributed by atoms with E-state index in [4.69, 9.17) is 17.3 Å². The first-order chi connectivity index (χ1) is 9.65. The van der Waals surface area contributed by atoms with Crippen LogP contribution in [0.25, 0.3) is 0 Å². The van der Waals surface area contributed by atoms with Crippen LogP contribution in [0, 0.1) is 11.3 Å². The molecule has 2 aliphatic heterocycles. The van der Waals surface area contributed by atoms with Crippen LogP contribution in [0.1, 0.15) is 19.3 Å². The third-order valence-electron chi connectivity index (χ3n) is 3.88. The minimum absolute atomic E-state index is 0.197. The van der Waals surface area contributed by atoms with Gasteiger partial charge in [-0.1, -0.05) is 23.7 Å². The molecular weight excluding hydrogens is 276 g/mol. The molecule has 2 atom stereocenters. The summed E-state index contributed by atoms with van der Waals surface area (Å²) in [6.45, 7) is 0. The van der Waals surface area contributed by atoms with Crippen molar-refractivity contribution in [3.63, 3.8) is 0 Å². The zero-order chi connectivity index (χ0) is 14.3. The van der Waals surface area contributed by atoms with Gasteiger partial charge in [-0.25, -0.2) is 9.69 Å². The summed E-state index contributed by atoms with van der Waals surface area (Å²) in [5.74, 6) is 0.461. The number of nitriles is 1. The molecule has 102 valence electrons. The van der Waals surface area contributed by atoms with E-state index in [9.17, 15) is 10.1 Å². The van der Waals surface area contributed by atoms with Gasteiger partial charge in [-0.2, -0.15) is 9.84 Å². The average Bonchev–Trinajstić information content (AvgIpc) is 2.72. The molecule has 5 nitrogen and oxygen atoms in total. The summed E-state index contributed by atoms with van der Waals surface area (Å²) in [5, 5.41) is 9.68. The van der Waals surface area contributed by atoms with Gasteiger partial charge in [0.1, 0.15) is 11.8 Å². The molecule has 0 saturated carbocycles. The number of piperidine rings is 1. The molecule has 2 heterocycles. The van der Waals surface area contributed by atoms with Crippen LogP contribution in [0.3, 0.4) is 0 Å². The summed E-state index contributed by atoms with van der Waals surface area (Å²) >= 11 is 6.16. The number of para-hydroxylation sites is 1. The van der Waals surface area contributed by atoms with Gasteiger partial charge in [0.05, 0.1) is 5.02 Å². The third-order valence-corrected chi connectivity index (χ3v) is 4.20. The van der Waals surface area contributed by atoms with Crippen molar-refractivity contribution in [3.05, 3.63) is 29.3 Å². The predicted molar refractivity (Wildman–Crippen MR) is 74.8 cm³/mol. The van der Waals surface area contributed by atoms with Gasteiger partial charge in [-0.3, -0.25) is 0 Å². The standard InChI is InChI=1S/C14H13ClN4O/c15-10-5-1-2-6-11(10)19-13(17)12-7-3-4-9(8-16)18(12)14(19)20/h1-2,5-6,9,12,17H,3-4,7H2/p+1. The molecule has 0 radical (unpaired) electrons. The van der Waals surface area contributed by atoms with E-state index in [-0.39, 0.29) is 12.1 Å². The van der Waals surface area contributed by atoms with E-state index in [0.29, 0.717) is 23.0 Å². The molecule has 0 aliphatic carbocycles. The first-order valence-corrected chi connectivity index (χ1v) is 6.92. The van der Waals surface area contributed by atoms with E-state index >= 15 is 0 Å². The first kappa shape index (κ1) is 12.9. The first-order valence-electron chi connectivity index (χ1n) is 6.54. The number of nitrogens with two attached hydrogens (primary N) is 1. The lowest BCUT2D eigenvalue weighted by Gasteiger charge is -2.27. The maximum Gasteiger partial charge on any atom is 0.445 e. The quantitative estimate of drug-likeness (QED) is 0.806. The van der Waals surface area contributed by atoms with Crippen LogP contribution in [0.5, 0.6) is 0 Å². The van der Waals surface area contributed by atoms with Crippen molar-refractivity contribution in [3.8, 4) is 6.07 Å². The lowest BCUT2D eigenvalue weighted by Crippen LogP contribution is -2.49. The molecule has 0 bridgehead atoms. The summed E-state index contributed by atoms with van der Waals surface area (Å²) in [6.07, 6.45) is 2.38. The van der Waals surface area contributed by atoms with Crippen LogP contribution in [-0.2, 0) is 0 Å². The van der Waals surface area contributed by atoms with Gasteiger partial charge in [0.2, 0.25) is 5.84 Å². The number of carbonyl (C=O) groups excluding carboxylic acids is 1. The number of benzene rings is 1. The fourth-order valence-electron chi connectivity index (χ4n) is 2.93. The van der Waals surface area contributed by atoms with Crippen LogP contribution in [0.15, 0.2) is 24.3 Å². The van der Waals surface area contributed by atoms with Gasteiger partial charge >= 0.3 is 6.03 Å². The van der Waals surface area contributed by atoms with Crippen LogP contribution < -0.4 is 5.73 Å². The summed E-state index contributed by atoms with van der Waals surface area (Å²) in [4.78, 5) is 14.2. The second-order valence-electron chi connectivity index (χ2n) is 4.99. The molecule has 6 heteroatoms. The molecule has 0 aromatic heterocycles. The Morgan fingerprint density at radius 2 is 2.15 bits per heavy atom. The molecule has 3 rings (SSSR count). The predicted octanol–water partition coefficient (Wildman–Crippen LogP) is 2.22. The Labute approximate surface area is 121 Å². The van der Waals surface area contributed by atoms with Gasteiger partial charge in [0.15, 0.2) is 12.1 Å². The minimum Gasteiger partial charge on any atom is -0.319 e. The van der Waals surface area contributed by atoms with E-state index in [0.717, 1.165) is 12.8 Å². The highest BCUT2D eigenvalue weighted by Crippen LogP contribution is 2.33. The number of nitrogens with zero attached hydrogens (tertiary/aromatic N) is 3. The second kappa shape index (κ2) is 4.80. The van der Waals surface area contributed by atoms with Crippen molar-refractivity contribution in [1.29, 1.82) is 5.26 Å². The number of urea groups is 1. The molecule has 2 amide bonds. The van der Waals surface area contributed by atoms with Crippen molar-refractivity contribution in [1.82, 2.24) is 4.90 Å². The van der Waals surface area contributed by atoms with E-state index in [2.05, 4.69) is 6.07 Å². The number of carbonyl (C=O) groups is 1. The highest BCUT2D eigenvalue weighted by molar-refractivity contribution is 6.32. The third kappa shape index (κ3) is 1.76. The number of hydrogen-bond acceptors (Lipinski definition) is 3. The fraction of sp³-hybridized carbons (Fsp3) is 0.357. The second-order valence-corrected chi connectivity index (χ2v) is 5.40. The summed E-state index contributed by atoms with van der Waals surface area (Å²) in [5.41, 5.74) is 6.73. The minimum atomic E-state index is -0.410. The number of rotatable bonds is 1. The molecule has 2 aliphatic rings. The molecule has 1 fully saturated rings. The Kier molecular flexibility index (Phi) is 3.11. The Hall–Kier alpha value is -2.06. The SMILES string of the molecule is N#CC1CCCC2C(N)=[N+](c3ccccc3Cl)C(=O)N12. The number of amides is 2. The van der Waals surface area contributed by atoms with Crippen molar-refractivity contribution >= 4 is 29.2 Å². The average molecular weight is 290 g/mol. The van der Waals surface area contributed by atoms with Crippen LogP contribution >= 0.6 is 11.6 Å². The highest BCUT2D eigenvalue weighted by Gasteiger charge is 2.51. The molecule has 2 unspecified atom stereocenters. The van der Waals surface area contributed by atoms with Crippen LogP contribution in [-0.4, -0.2) is 33.4 Å². The molecular formula is C14H14ClN4O+. The van der Waals surface area contributed by atoms with E-state index in [1.54, 1.807) is 29.2 Å². The zero-order valence-electron chi connectivity index (χ0n) is 10.8.